The second-order valence-corrected chi connectivity index (χ2v) is 5.17. The summed E-state index contributed by atoms with van der Waals surface area (Å²) < 4.78 is 0. The third kappa shape index (κ3) is 2.10. The molecule has 2 rings (SSSR count). The summed E-state index contributed by atoms with van der Waals surface area (Å²) in [7, 11) is 0. The number of carbonyl (C=O) groups is 1. The lowest BCUT2D eigenvalue weighted by Crippen LogP contribution is -2.42. The molecular formula is C13H23NO. The summed E-state index contributed by atoms with van der Waals surface area (Å²) in [5, 5.41) is 0. The molecule has 0 radical (unpaired) electrons. The Labute approximate surface area is 93.0 Å². The molecule has 1 aliphatic carbocycles. The first kappa shape index (κ1) is 11.1. The van der Waals surface area contributed by atoms with Crippen LogP contribution < -0.4 is 0 Å². The maximum atomic E-state index is 11.8. The highest BCUT2D eigenvalue weighted by atomic mass is 16.1. The van der Waals surface area contributed by atoms with Gasteiger partial charge in [-0.2, -0.15) is 0 Å². The Balaban J connectivity index is 2.03. The van der Waals surface area contributed by atoms with Crippen LogP contribution in [0.3, 0.4) is 0 Å². The molecule has 2 nitrogen and oxygen atoms in total. The van der Waals surface area contributed by atoms with Crippen LogP contribution in [0, 0.1) is 5.92 Å². The average Bonchev–Trinajstić information content (AvgIpc) is 2.84. The lowest BCUT2D eigenvalue weighted by molar-refractivity contribution is -0.122. The van der Waals surface area contributed by atoms with E-state index in [-0.39, 0.29) is 0 Å². The first-order valence-corrected chi connectivity index (χ1v) is 6.52. The summed E-state index contributed by atoms with van der Waals surface area (Å²) >= 11 is 0. The van der Waals surface area contributed by atoms with E-state index in [1.807, 2.05) is 0 Å². The van der Waals surface area contributed by atoms with Gasteiger partial charge in [0, 0.05) is 24.4 Å². The lowest BCUT2D eigenvalue weighted by atomic mass is 9.94. The van der Waals surface area contributed by atoms with Gasteiger partial charge in [0.1, 0.15) is 5.78 Å². The number of nitrogens with zero attached hydrogens (tertiary/aromatic N) is 1. The van der Waals surface area contributed by atoms with Crippen molar-refractivity contribution in [3.63, 3.8) is 0 Å². The van der Waals surface area contributed by atoms with Gasteiger partial charge in [0.15, 0.2) is 0 Å². The van der Waals surface area contributed by atoms with Crippen molar-refractivity contribution in [2.24, 2.45) is 5.92 Å². The maximum Gasteiger partial charge on any atom is 0.137 e. The van der Waals surface area contributed by atoms with E-state index in [4.69, 9.17) is 0 Å². The second-order valence-electron chi connectivity index (χ2n) is 5.17. The van der Waals surface area contributed by atoms with Crippen molar-refractivity contribution in [3.8, 4) is 0 Å². The summed E-state index contributed by atoms with van der Waals surface area (Å²) in [5.41, 5.74) is 0. The Bertz CT molecular complexity index is 239. The fraction of sp³-hybridized carbons (Fsp3) is 0.923. The van der Waals surface area contributed by atoms with Crippen molar-refractivity contribution in [3.05, 3.63) is 0 Å². The highest BCUT2D eigenvalue weighted by Gasteiger charge is 2.39. The topological polar surface area (TPSA) is 20.3 Å². The van der Waals surface area contributed by atoms with Crippen molar-refractivity contribution < 1.29 is 4.79 Å². The second kappa shape index (κ2) is 4.65. The number of rotatable bonds is 3. The minimum absolute atomic E-state index is 0.376. The molecule has 1 heterocycles. The van der Waals surface area contributed by atoms with Crippen LogP contribution in [-0.4, -0.2) is 29.3 Å². The van der Waals surface area contributed by atoms with Crippen molar-refractivity contribution in [2.45, 2.75) is 64.5 Å². The fourth-order valence-corrected chi connectivity index (χ4v) is 3.28. The molecule has 3 atom stereocenters. The summed E-state index contributed by atoms with van der Waals surface area (Å²) in [6.07, 6.45) is 6.87. The van der Waals surface area contributed by atoms with Gasteiger partial charge in [0.2, 0.25) is 0 Å². The minimum Gasteiger partial charge on any atom is -0.299 e. The maximum absolute atomic E-state index is 11.8. The molecule has 0 aromatic rings. The zero-order valence-corrected chi connectivity index (χ0v) is 10.0. The molecule has 86 valence electrons. The molecule has 0 N–H and O–H groups in total. The van der Waals surface area contributed by atoms with Gasteiger partial charge in [-0.05, 0) is 45.6 Å². The Morgan fingerprint density at radius 2 is 2.20 bits per heavy atom. The first-order valence-electron chi connectivity index (χ1n) is 6.52. The molecule has 3 unspecified atom stereocenters. The summed E-state index contributed by atoms with van der Waals surface area (Å²) in [6, 6.07) is 1.24. The average molecular weight is 209 g/mol. The van der Waals surface area contributed by atoms with Crippen LogP contribution in [-0.2, 0) is 4.79 Å². The predicted molar refractivity (Wildman–Crippen MR) is 61.8 cm³/mol. The van der Waals surface area contributed by atoms with Crippen LogP contribution in [0.4, 0.5) is 0 Å². The third-order valence-corrected chi connectivity index (χ3v) is 4.32. The molecule has 2 heteroatoms. The Kier molecular flexibility index (Phi) is 3.45. The van der Waals surface area contributed by atoms with Gasteiger partial charge < -0.3 is 0 Å². The molecule has 0 aromatic heterocycles. The zero-order valence-electron chi connectivity index (χ0n) is 10.0. The number of carbonyl (C=O) groups excluding carboxylic acids is 1. The third-order valence-electron chi connectivity index (χ3n) is 4.32. The lowest BCUT2D eigenvalue weighted by Gasteiger charge is -2.33. The van der Waals surface area contributed by atoms with E-state index in [1.54, 1.807) is 0 Å². The molecule has 0 amide bonds. The van der Waals surface area contributed by atoms with Gasteiger partial charge in [0.05, 0.1) is 0 Å². The van der Waals surface area contributed by atoms with E-state index in [1.165, 1.54) is 25.8 Å². The Hall–Kier alpha value is -0.370. The van der Waals surface area contributed by atoms with Crippen LogP contribution in [0.15, 0.2) is 0 Å². The number of hydrogen-bond acceptors (Lipinski definition) is 2. The molecule has 0 bridgehead atoms. The van der Waals surface area contributed by atoms with Crippen LogP contribution in [0.2, 0.25) is 0 Å². The van der Waals surface area contributed by atoms with E-state index in [2.05, 4.69) is 18.7 Å². The van der Waals surface area contributed by atoms with Gasteiger partial charge in [0.25, 0.3) is 0 Å². The SMILES string of the molecule is CCC(C)N1CCCC1C1CCCC1=O. The summed E-state index contributed by atoms with van der Waals surface area (Å²) in [5.74, 6) is 0.914. The molecule has 2 aliphatic rings. The quantitative estimate of drug-likeness (QED) is 0.712. The van der Waals surface area contributed by atoms with Gasteiger partial charge in [-0.1, -0.05) is 6.92 Å². The zero-order chi connectivity index (χ0) is 10.8. The Morgan fingerprint density at radius 3 is 2.80 bits per heavy atom. The van der Waals surface area contributed by atoms with E-state index < -0.39 is 0 Å². The van der Waals surface area contributed by atoms with E-state index in [0.29, 0.717) is 23.8 Å². The van der Waals surface area contributed by atoms with E-state index >= 15 is 0 Å². The highest BCUT2D eigenvalue weighted by molar-refractivity contribution is 5.83. The van der Waals surface area contributed by atoms with Gasteiger partial charge in [-0.3, -0.25) is 9.69 Å². The predicted octanol–water partition coefficient (Wildman–Crippen LogP) is 2.62. The normalized spacial score (nSPS) is 34.9. The van der Waals surface area contributed by atoms with Crippen LogP contribution in [0.1, 0.15) is 52.4 Å². The molecule has 0 spiro atoms. The molecule has 15 heavy (non-hydrogen) atoms. The van der Waals surface area contributed by atoms with Crippen molar-refractivity contribution >= 4 is 5.78 Å². The first-order chi connectivity index (χ1) is 7.24. The molecule has 0 aromatic carbocycles. The smallest absolute Gasteiger partial charge is 0.137 e. The highest BCUT2D eigenvalue weighted by Crippen LogP contribution is 2.34. The largest absolute Gasteiger partial charge is 0.299 e. The molecule has 1 saturated heterocycles. The van der Waals surface area contributed by atoms with Crippen LogP contribution in [0.5, 0.6) is 0 Å². The van der Waals surface area contributed by atoms with Gasteiger partial charge in [-0.15, -0.1) is 0 Å². The Morgan fingerprint density at radius 1 is 1.40 bits per heavy atom. The molecule has 2 fully saturated rings. The van der Waals surface area contributed by atoms with Crippen molar-refractivity contribution in [1.82, 2.24) is 4.90 Å². The molecule has 1 saturated carbocycles. The number of likely N-dealkylation sites (tertiary alicyclic amines) is 1. The standard InChI is InChI=1S/C13H23NO/c1-3-10(2)14-9-5-7-12(14)11-6-4-8-13(11)15/h10-12H,3-9H2,1-2H3. The number of Topliss-reactive ketones (excluding diaryl/α,β-unsaturated/α-hetero) is 1. The fourth-order valence-electron chi connectivity index (χ4n) is 3.28. The van der Waals surface area contributed by atoms with E-state index in [0.717, 1.165) is 19.3 Å². The molecular weight excluding hydrogens is 186 g/mol. The van der Waals surface area contributed by atoms with E-state index in [9.17, 15) is 4.79 Å². The summed E-state index contributed by atoms with van der Waals surface area (Å²) in [4.78, 5) is 14.4. The number of ketones is 1. The van der Waals surface area contributed by atoms with Gasteiger partial charge >= 0.3 is 0 Å². The van der Waals surface area contributed by atoms with Crippen molar-refractivity contribution in [2.75, 3.05) is 6.54 Å². The van der Waals surface area contributed by atoms with Gasteiger partial charge in [-0.25, -0.2) is 0 Å². The van der Waals surface area contributed by atoms with Crippen LogP contribution in [0.25, 0.3) is 0 Å². The molecule has 1 aliphatic heterocycles. The number of hydrogen-bond donors (Lipinski definition) is 0. The van der Waals surface area contributed by atoms with Crippen molar-refractivity contribution in [1.29, 1.82) is 0 Å². The summed E-state index contributed by atoms with van der Waals surface area (Å²) in [6.45, 7) is 5.76. The minimum atomic E-state index is 0.376. The monoisotopic (exact) mass is 209 g/mol. The van der Waals surface area contributed by atoms with Crippen LogP contribution >= 0.6 is 0 Å².